The van der Waals surface area contributed by atoms with Gasteiger partial charge in [0.15, 0.2) is 16.4 Å². The zero-order valence-electron chi connectivity index (χ0n) is 20.4. The number of rotatable bonds is 5. The van der Waals surface area contributed by atoms with E-state index >= 15 is 0 Å². The van der Waals surface area contributed by atoms with Crippen LogP contribution in [0.15, 0.2) is 48.5 Å². The molecule has 9 heteroatoms. The molecule has 1 aromatic heterocycles. The summed E-state index contributed by atoms with van der Waals surface area (Å²) in [6, 6.07) is 14.6. The van der Waals surface area contributed by atoms with Crippen LogP contribution in [0.4, 0.5) is 0 Å². The van der Waals surface area contributed by atoms with Crippen LogP contribution >= 0.6 is 11.6 Å². The normalized spacial score (nSPS) is 19.5. The topological polar surface area (TPSA) is 93.6 Å². The summed E-state index contributed by atoms with van der Waals surface area (Å²) in [5, 5.41) is 1.34. The lowest BCUT2D eigenvalue weighted by Crippen LogP contribution is -2.40. The monoisotopic (exact) mass is 538 g/mol. The number of esters is 1. The highest BCUT2D eigenvalue weighted by Gasteiger charge is 2.33. The predicted octanol–water partition coefficient (Wildman–Crippen LogP) is 4.57. The van der Waals surface area contributed by atoms with Crippen molar-refractivity contribution >= 4 is 55.9 Å². The minimum atomic E-state index is -3.13. The van der Waals surface area contributed by atoms with Crippen LogP contribution in [0.2, 0.25) is 5.02 Å². The Morgan fingerprint density at radius 2 is 1.89 bits per heavy atom. The number of carbonyl (C=O) groups excluding carboxylic acids is 2. The zero-order chi connectivity index (χ0) is 26.2. The molecule has 1 amide bonds. The van der Waals surface area contributed by atoms with Crippen LogP contribution in [-0.4, -0.2) is 61.4 Å². The molecule has 0 radical (unpaired) electrons. The van der Waals surface area contributed by atoms with E-state index in [1.165, 1.54) is 4.90 Å². The first-order chi connectivity index (χ1) is 17.7. The standard InChI is InChI=1S/C28H27ClN2O5S/c1-31(21-13-14-37(34,35)17-21)25(32)16-36-28(33)26-22-6-2-3-8-24(22)30-27-19(5-4-7-23(26)27)15-18-9-11-20(29)12-10-18/h2-3,6,8-12,15,21H,4-5,7,13-14,16-17H2,1H3/b19-15-/t21-/m0/s1. The molecular formula is C28H27ClN2O5S. The molecule has 1 atom stereocenters. The van der Waals surface area contributed by atoms with Crippen molar-refractivity contribution in [3.63, 3.8) is 0 Å². The third-order valence-corrected chi connectivity index (χ3v) is 9.06. The number of hydrogen-bond donors (Lipinski definition) is 0. The minimum Gasteiger partial charge on any atom is -0.452 e. The van der Waals surface area contributed by atoms with E-state index in [2.05, 4.69) is 6.08 Å². The number of allylic oxidation sites excluding steroid dienone is 1. The Hall–Kier alpha value is -3.23. The SMILES string of the molecule is CN(C(=O)COC(=O)c1c2c(nc3ccccc13)/C(=C\c1ccc(Cl)cc1)CCC2)[C@H]1CCS(=O)(=O)C1. The average Bonchev–Trinajstić information content (AvgIpc) is 3.26. The van der Waals surface area contributed by atoms with Gasteiger partial charge in [-0.25, -0.2) is 18.2 Å². The van der Waals surface area contributed by atoms with Crippen molar-refractivity contribution in [2.75, 3.05) is 25.2 Å². The number of hydrogen-bond acceptors (Lipinski definition) is 6. The van der Waals surface area contributed by atoms with E-state index in [-0.39, 0.29) is 11.5 Å². The van der Waals surface area contributed by atoms with Crippen LogP contribution in [-0.2, 0) is 25.8 Å². The molecule has 3 aromatic rings. The molecule has 2 aromatic carbocycles. The summed E-state index contributed by atoms with van der Waals surface area (Å²) in [5.74, 6) is -1.00. The van der Waals surface area contributed by atoms with Gasteiger partial charge in [-0.1, -0.05) is 41.9 Å². The van der Waals surface area contributed by atoms with Gasteiger partial charge < -0.3 is 9.64 Å². The molecule has 192 valence electrons. The summed E-state index contributed by atoms with van der Waals surface area (Å²) < 4.78 is 29.1. The molecule has 0 saturated carbocycles. The van der Waals surface area contributed by atoms with Gasteiger partial charge in [0.2, 0.25) is 0 Å². The first-order valence-electron chi connectivity index (χ1n) is 12.2. The lowest BCUT2D eigenvalue weighted by atomic mass is 9.86. The molecule has 1 fully saturated rings. The number of pyridine rings is 1. The Kier molecular flexibility index (Phi) is 7.05. The Balaban J connectivity index is 1.44. The lowest BCUT2D eigenvalue weighted by Gasteiger charge is -2.24. The van der Waals surface area contributed by atoms with Crippen LogP contribution in [0.25, 0.3) is 22.6 Å². The summed E-state index contributed by atoms with van der Waals surface area (Å²) in [4.78, 5) is 32.5. The molecule has 1 aliphatic heterocycles. The van der Waals surface area contributed by atoms with E-state index < -0.39 is 34.4 Å². The Morgan fingerprint density at radius 1 is 1.14 bits per heavy atom. The van der Waals surface area contributed by atoms with E-state index in [1.807, 2.05) is 48.5 Å². The number of carbonyl (C=O) groups is 2. The van der Waals surface area contributed by atoms with Crippen molar-refractivity contribution < 1.29 is 22.7 Å². The van der Waals surface area contributed by atoms with Crippen molar-refractivity contribution in [3.8, 4) is 0 Å². The molecule has 0 spiro atoms. The van der Waals surface area contributed by atoms with Crippen molar-refractivity contribution in [3.05, 3.63) is 75.9 Å². The number of fused-ring (bicyclic) bond motifs is 2. The van der Waals surface area contributed by atoms with Crippen molar-refractivity contribution in [2.45, 2.75) is 31.7 Å². The quantitative estimate of drug-likeness (QED) is 0.442. The highest BCUT2D eigenvalue weighted by Crippen LogP contribution is 2.36. The van der Waals surface area contributed by atoms with Crippen LogP contribution in [0.5, 0.6) is 0 Å². The molecule has 2 aliphatic rings. The van der Waals surface area contributed by atoms with Gasteiger partial charge in [-0.2, -0.15) is 0 Å². The van der Waals surface area contributed by atoms with Crippen LogP contribution in [0, 0.1) is 0 Å². The number of amides is 1. The van der Waals surface area contributed by atoms with E-state index in [0.29, 0.717) is 34.3 Å². The summed E-state index contributed by atoms with van der Waals surface area (Å²) in [6.45, 7) is -0.454. The largest absolute Gasteiger partial charge is 0.452 e. The van der Waals surface area contributed by atoms with Gasteiger partial charge in [0.25, 0.3) is 5.91 Å². The number of sulfone groups is 1. The van der Waals surface area contributed by atoms with E-state index in [9.17, 15) is 18.0 Å². The van der Waals surface area contributed by atoms with Crippen LogP contribution < -0.4 is 0 Å². The molecule has 5 rings (SSSR count). The molecule has 2 heterocycles. The van der Waals surface area contributed by atoms with Crippen molar-refractivity contribution in [1.29, 1.82) is 0 Å². The van der Waals surface area contributed by atoms with Crippen molar-refractivity contribution in [2.24, 2.45) is 0 Å². The van der Waals surface area contributed by atoms with E-state index in [0.717, 1.165) is 35.2 Å². The Labute approximate surface area is 221 Å². The minimum absolute atomic E-state index is 0.0611. The zero-order valence-corrected chi connectivity index (χ0v) is 22.0. The second-order valence-electron chi connectivity index (χ2n) is 9.54. The average molecular weight is 539 g/mol. The Bertz CT molecular complexity index is 1520. The number of nitrogens with zero attached hydrogens (tertiary/aromatic N) is 2. The van der Waals surface area contributed by atoms with E-state index in [1.54, 1.807) is 7.05 Å². The molecule has 7 nitrogen and oxygen atoms in total. The first kappa shape index (κ1) is 25.4. The van der Waals surface area contributed by atoms with Gasteiger partial charge in [0.05, 0.1) is 28.3 Å². The number of likely N-dealkylation sites (N-methyl/N-ethyl adjacent to an activating group) is 1. The Morgan fingerprint density at radius 3 is 2.62 bits per heavy atom. The fourth-order valence-electron chi connectivity index (χ4n) is 5.05. The molecule has 0 unspecified atom stereocenters. The second kappa shape index (κ2) is 10.3. The second-order valence-corrected chi connectivity index (χ2v) is 12.2. The van der Waals surface area contributed by atoms with E-state index in [4.69, 9.17) is 21.3 Å². The maximum Gasteiger partial charge on any atom is 0.339 e. The lowest BCUT2D eigenvalue weighted by molar-refractivity contribution is -0.134. The van der Waals surface area contributed by atoms with Crippen molar-refractivity contribution in [1.82, 2.24) is 9.88 Å². The molecule has 0 N–H and O–H groups in total. The third kappa shape index (κ3) is 5.40. The van der Waals surface area contributed by atoms with Gasteiger partial charge in [-0.3, -0.25) is 4.79 Å². The van der Waals surface area contributed by atoms with Gasteiger partial charge in [0.1, 0.15) is 0 Å². The molecule has 0 bridgehead atoms. The fourth-order valence-corrected chi connectivity index (χ4v) is 6.95. The predicted molar refractivity (Wildman–Crippen MR) is 144 cm³/mol. The first-order valence-corrected chi connectivity index (χ1v) is 14.4. The summed E-state index contributed by atoms with van der Waals surface area (Å²) in [6.07, 6.45) is 4.81. The van der Waals surface area contributed by atoms with Gasteiger partial charge in [0, 0.05) is 23.5 Å². The third-order valence-electron chi connectivity index (χ3n) is 7.06. The number of aromatic nitrogens is 1. The van der Waals surface area contributed by atoms with Crippen LogP contribution in [0.1, 0.15) is 46.4 Å². The van der Waals surface area contributed by atoms with Gasteiger partial charge in [-0.05, 0) is 66.7 Å². The summed E-state index contributed by atoms with van der Waals surface area (Å²) >= 11 is 6.04. The maximum absolute atomic E-state index is 13.4. The highest BCUT2D eigenvalue weighted by atomic mass is 35.5. The number of benzene rings is 2. The summed E-state index contributed by atoms with van der Waals surface area (Å²) in [7, 11) is -1.58. The smallest absolute Gasteiger partial charge is 0.339 e. The maximum atomic E-state index is 13.4. The van der Waals surface area contributed by atoms with Gasteiger partial charge in [-0.15, -0.1) is 0 Å². The molecule has 37 heavy (non-hydrogen) atoms. The number of halogens is 1. The molecular weight excluding hydrogens is 512 g/mol. The highest BCUT2D eigenvalue weighted by molar-refractivity contribution is 7.91. The van der Waals surface area contributed by atoms with Gasteiger partial charge >= 0.3 is 5.97 Å². The molecule has 1 saturated heterocycles. The number of para-hydroxylation sites is 1. The summed E-state index contributed by atoms with van der Waals surface area (Å²) in [5.41, 5.74) is 4.72. The number of ether oxygens (including phenoxy) is 1. The fraction of sp³-hybridized carbons (Fsp3) is 0.321. The molecule has 1 aliphatic carbocycles. The van der Waals surface area contributed by atoms with Crippen LogP contribution in [0.3, 0.4) is 0 Å².